The van der Waals surface area contributed by atoms with Crippen LogP contribution >= 0.6 is 15.9 Å². The monoisotopic (exact) mass is 361 g/mol. The van der Waals surface area contributed by atoms with E-state index in [1.807, 2.05) is 31.2 Å². The van der Waals surface area contributed by atoms with Crippen molar-refractivity contribution < 1.29 is 14.3 Å². The van der Waals surface area contributed by atoms with Gasteiger partial charge in [0.15, 0.2) is 0 Å². The smallest absolute Gasteiger partial charge is 0.337 e. The largest absolute Gasteiger partial charge is 0.478 e. The molecule has 1 unspecified atom stereocenters. The lowest BCUT2D eigenvalue weighted by molar-refractivity contribution is 0.0698. The van der Waals surface area contributed by atoms with Gasteiger partial charge < -0.3 is 9.67 Å². The maximum Gasteiger partial charge on any atom is 0.337 e. The van der Waals surface area contributed by atoms with Crippen LogP contribution in [0.1, 0.15) is 28.9 Å². The molecule has 0 radical (unpaired) electrons. The van der Waals surface area contributed by atoms with Crippen LogP contribution in [-0.4, -0.2) is 15.6 Å². The van der Waals surface area contributed by atoms with Gasteiger partial charge in [-0.3, -0.25) is 0 Å². The van der Waals surface area contributed by atoms with Gasteiger partial charge in [0.05, 0.1) is 17.1 Å². The summed E-state index contributed by atoms with van der Waals surface area (Å²) in [6, 6.07) is 11.8. The van der Waals surface area contributed by atoms with E-state index in [0.717, 1.165) is 10.0 Å². The maximum absolute atomic E-state index is 13.9. The third-order valence-corrected chi connectivity index (χ3v) is 4.35. The van der Waals surface area contributed by atoms with Crippen LogP contribution in [0.25, 0.3) is 10.9 Å². The molecule has 0 spiro atoms. The summed E-state index contributed by atoms with van der Waals surface area (Å²) in [4.78, 5) is 11.4. The van der Waals surface area contributed by atoms with E-state index in [1.54, 1.807) is 16.8 Å². The molecule has 0 saturated carbocycles. The Balaban J connectivity index is 2.20. The number of hydrogen-bond donors (Lipinski definition) is 1. The molecule has 0 aliphatic carbocycles. The number of carboxylic acids is 1. The highest BCUT2D eigenvalue weighted by atomic mass is 79.9. The third-order valence-electron chi connectivity index (χ3n) is 3.82. The highest BCUT2D eigenvalue weighted by molar-refractivity contribution is 9.10. The second kappa shape index (κ2) is 5.57. The van der Waals surface area contributed by atoms with Gasteiger partial charge in [-0.2, -0.15) is 0 Å². The van der Waals surface area contributed by atoms with E-state index in [-0.39, 0.29) is 11.6 Å². The molecule has 3 nitrogen and oxygen atoms in total. The van der Waals surface area contributed by atoms with Gasteiger partial charge in [-0.05, 0) is 42.8 Å². The Bertz CT molecular complexity index is 855. The minimum atomic E-state index is -1.06. The van der Waals surface area contributed by atoms with Crippen molar-refractivity contribution in [3.05, 3.63) is 70.1 Å². The molecule has 2 aromatic carbocycles. The van der Waals surface area contributed by atoms with E-state index >= 15 is 0 Å². The fourth-order valence-corrected chi connectivity index (χ4v) is 2.91. The van der Waals surface area contributed by atoms with Crippen LogP contribution in [0.2, 0.25) is 0 Å². The molecule has 0 aliphatic heterocycles. The van der Waals surface area contributed by atoms with Crippen LogP contribution in [0.5, 0.6) is 0 Å². The third kappa shape index (κ3) is 2.41. The molecule has 1 atom stereocenters. The Morgan fingerprint density at radius 3 is 2.50 bits per heavy atom. The first-order valence-corrected chi connectivity index (χ1v) is 7.56. The molecule has 0 aliphatic rings. The summed E-state index contributed by atoms with van der Waals surface area (Å²) in [6.45, 7) is 1.96. The predicted octanol–water partition coefficient (Wildman–Crippen LogP) is 4.85. The molecule has 3 rings (SSSR count). The molecule has 1 heterocycles. The van der Waals surface area contributed by atoms with E-state index in [9.17, 15) is 14.3 Å². The number of benzene rings is 2. The molecule has 112 valence electrons. The summed E-state index contributed by atoms with van der Waals surface area (Å²) >= 11 is 3.39. The second-order valence-corrected chi connectivity index (χ2v) is 6.03. The minimum absolute atomic E-state index is 0.102. The first-order valence-electron chi connectivity index (χ1n) is 6.77. The van der Waals surface area contributed by atoms with Crippen LogP contribution in [-0.2, 0) is 0 Å². The second-order valence-electron chi connectivity index (χ2n) is 5.11. The summed E-state index contributed by atoms with van der Waals surface area (Å²) in [5.74, 6) is -1.48. The summed E-state index contributed by atoms with van der Waals surface area (Å²) in [5, 5.41) is 9.69. The maximum atomic E-state index is 13.9. The van der Waals surface area contributed by atoms with Gasteiger partial charge in [-0.25, -0.2) is 9.18 Å². The topological polar surface area (TPSA) is 42.2 Å². The summed E-state index contributed by atoms with van der Waals surface area (Å²) < 4.78 is 16.7. The number of fused-ring (bicyclic) bond motifs is 1. The zero-order valence-corrected chi connectivity index (χ0v) is 13.3. The Hall–Kier alpha value is -2.14. The lowest BCUT2D eigenvalue weighted by atomic mass is 10.1. The first-order chi connectivity index (χ1) is 10.5. The number of rotatable bonds is 3. The molecular formula is C17H13BrFNO2. The average molecular weight is 362 g/mol. The molecule has 3 aromatic rings. The standard InChI is InChI=1S/C17H13BrFNO2/c1-10(11-2-4-12(18)5-3-11)20-9-8-13-15(19)7-6-14(16(13)20)17(21)22/h2-10H,1H3,(H,21,22). The number of halogens is 2. The lowest BCUT2D eigenvalue weighted by Crippen LogP contribution is -2.09. The number of carbonyl (C=O) groups is 1. The lowest BCUT2D eigenvalue weighted by Gasteiger charge is -2.17. The molecule has 0 bridgehead atoms. The normalized spacial score (nSPS) is 12.5. The Morgan fingerprint density at radius 1 is 1.18 bits per heavy atom. The van der Waals surface area contributed by atoms with Crippen molar-refractivity contribution >= 4 is 32.8 Å². The summed E-state index contributed by atoms with van der Waals surface area (Å²) in [7, 11) is 0. The van der Waals surface area contributed by atoms with Crippen molar-refractivity contribution in [2.24, 2.45) is 0 Å². The average Bonchev–Trinajstić information content (AvgIpc) is 2.93. The molecule has 0 amide bonds. The highest BCUT2D eigenvalue weighted by Gasteiger charge is 2.18. The van der Waals surface area contributed by atoms with Crippen LogP contribution in [0.15, 0.2) is 53.1 Å². The molecule has 0 fully saturated rings. The summed E-state index contributed by atoms with van der Waals surface area (Å²) in [5.41, 5.74) is 1.52. The van der Waals surface area contributed by atoms with Crippen LogP contribution in [0, 0.1) is 5.82 Å². The van der Waals surface area contributed by atoms with Crippen LogP contribution in [0.3, 0.4) is 0 Å². The molecule has 0 saturated heterocycles. The van der Waals surface area contributed by atoms with Crippen LogP contribution in [0.4, 0.5) is 4.39 Å². The number of nitrogens with zero attached hydrogens (tertiary/aromatic N) is 1. The molecule has 5 heteroatoms. The van der Waals surface area contributed by atoms with Crippen molar-refractivity contribution in [3.63, 3.8) is 0 Å². The van der Waals surface area contributed by atoms with E-state index in [4.69, 9.17) is 0 Å². The van der Waals surface area contributed by atoms with E-state index in [0.29, 0.717) is 10.9 Å². The van der Waals surface area contributed by atoms with Crippen molar-refractivity contribution in [1.29, 1.82) is 0 Å². The zero-order chi connectivity index (χ0) is 15.9. The van der Waals surface area contributed by atoms with Crippen molar-refractivity contribution in [2.45, 2.75) is 13.0 Å². The van der Waals surface area contributed by atoms with Gasteiger partial charge in [-0.1, -0.05) is 28.1 Å². The quantitative estimate of drug-likeness (QED) is 0.724. The first kappa shape index (κ1) is 14.8. The van der Waals surface area contributed by atoms with Gasteiger partial charge in [0.25, 0.3) is 0 Å². The molecular weight excluding hydrogens is 349 g/mol. The van der Waals surface area contributed by atoms with Gasteiger partial charge in [0.1, 0.15) is 5.82 Å². The van der Waals surface area contributed by atoms with Crippen molar-refractivity contribution in [3.8, 4) is 0 Å². The van der Waals surface area contributed by atoms with Gasteiger partial charge in [0, 0.05) is 16.1 Å². The highest BCUT2D eigenvalue weighted by Crippen LogP contribution is 2.29. The van der Waals surface area contributed by atoms with Gasteiger partial charge >= 0.3 is 5.97 Å². The van der Waals surface area contributed by atoms with Gasteiger partial charge in [0.2, 0.25) is 0 Å². The van der Waals surface area contributed by atoms with Crippen LogP contribution < -0.4 is 0 Å². The number of aromatic nitrogens is 1. The number of aromatic carboxylic acids is 1. The zero-order valence-electron chi connectivity index (χ0n) is 11.8. The van der Waals surface area contributed by atoms with E-state index < -0.39 is 11.8 Å². The Morgan fingerprint density at radius 2 is 1.86 bits per heavy atom. The van der Waals surface area contributed by atoms with Gasteiger partial charge in [-0.15, -0.1) is 0 Å². The molecule has 22 heavy (non-hydrogen) atoms. The Kier molecular flexibility index (Phi) is 3.74. The van der Waals surface area contributed by atoms with E-state index in [2.05, 4.69) is 15.9 Å². The molecule has 1 aromatic heterocycles. The molecule has 1 N–H and O–H groups in total. The summed E-state index contributed by atoms with van der Waals surface area (Å²) in [6.07, 6.45) is 1.73. The van der Waals surface area contributed by atoms with Crippen molar-refractivity contribution in [1.82, 2.24) is 4.57 Å². The Labute approximate surface area is 135 Å². The minimum Gasteiger partial charge on any atom is -0.478 e. The fourth-order valence-electron chi connectivity index (χ4n) is 2.65. The number of hydrogen-bond acceptors (Lipinski definition) is 1. The SMILES string of the molecule is CC(c1ccc(Br)cc1)n1ccc2c(F)ccc(C(=O)O)c21. The predicted molar refractivity (Wildman–Crippen MR) is 86.8 cm³/mol. The van der Waals surface area contributed by atoms with Crippen molar-refractivity contribution in [2.75, 3.05) is 0 Å². The van der Waals surface area contributed by atoms with E-state index in [1.165, 1.54) is 12.1 Å². The number of carboxylic acid groups (broad SMARTS) is 1. The fraction of sp³-hybridized carbons (Fsp3) is 0.118.